The van der Waals surface area contributed by atoms with Crippen molar-refractivity contribution in [3.05, 3.63) is 0 Å². The zero-order valence-corrected chi connectivity index (χ0v) is 12.1. The van der Waals surface area contributed by atoms with E-state index >= 15 is 0 Å². The van der Waals surface area contributed by atoms with Gasteiger partial charge in [0.05, 0.1) is 19.1 Å². The number of hydrogen-bond acceptors (Lipinski definition) is 5. The van der Waals surface area contributed by atoms with Crippen molar-refractivity contribution in [3.63, 3.8) is 0 Å². The molecular weight excluding hydrogens is 238 g/mol. The van der Waals surface area contributed by atoms with Crippen LogP contribution in [0.25, 0.3) is 0 Å². The largest absolute Gasteiger partial charge is 0.466 e. The van der Waals surface area contributed by atoms with E-state index in [9.17, 15) is 9.90 Å². The second-order valence-corrected chi connectivity index (χ2v) is 5.03. The Labute approximate surface area is 109 Å². The number of hydrogen-bond donors (Lipinski definition) is 1. The fraction of sp³-hybridized carbons (Fsp3) is 0.917. The van der Waals surface area contributed by atoms with Gasteiger partial charge in [-0.25, -0.2) is 0 Å². The Hall–Kier alpha value is -0.260. The lowest BCUT2D eigenvalue weighted by Gasteiger charge is -2.28. The van der Waals surface area contributed by atoms with E-state index in [1.807, 2.05) is 7.05 Å². The van der Waals surface area contributed by atoms with Crippen LogP contribution in [0, 0.1) is 0 Å². The molecule has 0 rings (SSSR count). The van der Waals surface area contributed by atoms with E-state index in [-0.39, 0.29) is 12.4 Å². The number of rotatable bonds is 9. The van der Waals surface area contributed by atoms with E-state index in [0.717, 1.165) is 12.2 Å². The molecule has 0 spiro atoms. The Bertz CT molecular complexity index is 214. The summed E-state index contributed by atoms with van der Waals surface area (Å²) in [5.41, 5.74) is 0. The highest BCUT2D eigenvalue weighted by molar-refractivity contribution is 7.98. The molecule has 0 radical (unpaired) electrons. The van der Waals surface area contributed by atoms with Crippen molar-refractivity contribution in [2.24, 2.45) is 0 Å². The van der Waals surface area contributed by atoms with Crippen LogP contribution in [-0.4, -0.2) is 60.3 Å². The number of nitrogens with zero attached hydrogens (tertiary/aromatic N) is 1. The molecule has 2 atom stereocenters. The fourth-order valence-corrected chi connectivity index (χ4v) is 2.58. The van der Waals surface area contributed by atoms with Crippen molar-refractivity contribution in [3.8, 4) is 0 Å². The Morgan fingerprint density at radius 3 is 2.59 bits per heavy atom. The lowest BCUT2D eigenvalue weighted by molar-refractivity contribution is -0.145. The molecule has 0 aromatic heterocycles. The van der Waals surface area contributed by atoms with Crippen molar-refractivity contribution < 1.29 is 14.6 Å². The first-order valence-electron chi connectivity index (χ1n) is 6.07. The topological polar surface area (TPSA) is 49.8 Å². The number of esters is 1. The second-order valence-electron chi connectivity index (χ2n) is 4.12. The maximum absolute atomic E-state index is 11.2. The summed E-state index contributed by atoms with van der Waals surface area (Å²) in [5.74, 6) is 0.713. The predicted molar refractivity (Wildman–Crippen MR) is 72.3 cm³/mol. The maximum atomic E-state index is 11.2. The van der Waals surface area contributed by atoms with Gasteiger partial charge in [-0.3, -0.25) is 4.79 Å². The van der Waals surface area contributed by atoms with Gasteiger partial charge in [-0.1, -0.05) is 6.92 Å². The Morgan fingerprint density at radius 1 is 1.47 bits per heavy atom. The van der Waals surface area contributed by atoms with Crippen molar-refractivity contribution in [2.75, 3.05) is 32.2 Å². The highest BCUT2D eigenvalue weighted by Crippen LogP contribution is 2.09. The van der Waals surface area contributed by atoms with Crippen LogP contribution in [0.1, 0.15) is 26.7 Å². The van der Waals surface area contributed by atoms with E-state index in [1.165, 1.54) is 0 Å². The number of thioether (sulfide) groups is 1. The molecule has 102 valence electrons. The van der Waals surface area contributed by atoms with Crippen LogP contribution in [-0.2, 0) is 9.53 Å². The van der Waals surface area contributed by atoms with E-state index < -0.39 is 6.10 Å². The third-order valence-corrected chi connectivity index (χ3v) is 3.38. The van der Waals surface area contributed by atoms with Crippen molar-refractivity contribution in [2.45, 2.75) is 38.8 Å². The van der Waals surface area contributed by atoms with Gasteiger partial charge < -0.3 is 14.7 Å². The summed E-state index contributed by atoms with van der Waals surface area (Å²) in [6, 6.07) is 0.446. The molecule has 17 heavy (non-hydrogen) atoms. The standard InChI is InChI=1S/C12H25NO3S/c1-5-10(9-17-4)13(3)8-11(14)7-12(15)16-6-2/h10-11,14H,5-9H2,1-4H3. The molecule has 0 saturated heterocycles. The number of carbonyl (C=O) groups excluding carboxylic acids is 1. The Morgan fingerprint density at radius 2 is 2.12 bits per heavy atom. The molecule has 1 N–H and O–H groups in total. The molecule has 0 fully saturated rings. The quantitative estimate of drug-likeness (QED) is 0.637. The predicted octanol–water partition coefficient (Wildman–Crippen LogP) is 1.37. The van der Waals surface area contributed by atoms with Crippen LogP contribution >= 0.6 is 11.8 Å². The van der Waals surface area contributed by atoms with Crippen LogP contribution in [0.3, 0.4) is 0 Å². The van der Waals surface area contributed by atoms with Crippen molar-refractivity contribution in [1.82, 2.24) is 4.90 Å². The lowest BCUT2D eigenvalue weighted by Crippen LogP contribution is -2.39. The van der Waals surface area contributed by atoms with E-state index in [1.54, 1.807) is 18.7 Å². The summed E-state index contributed by atoms with van der Waals surface area (Å²) in [7, 11) is 1.98. The molecule has 0 amide bonds. The van der Waals surface area contributed by atoms with E-state index in [2.05, 4.69) is 18.1 Å². The minimum atomic E-state index is -0.644. The van der Waals surface area contributed by atoms with Crippen LogP contribution < -0.4 is 0 Å². The second kappa shape index (κ2) is 9.74. The number of aliphatic hydroxyl groups is 1. The molecule has 5 heteroatoms. The van der Waals surface area contributed by atoms with Crippen LogP contribution in [0.15, 0.2) is 0 Å². The number of likely N-dealkylation sites (N-methyl/N-ethyl adjacent to an activating group) is 1. The van der Waals surface area contributed by atoms with Crippen LogP contribution in [0.2, 0.25) is 0 Å². The van der Waals surface area contributed by atoms with Gasteiger partial charge in [0, 0.05) is 18.3 Å². The summed E-state index contributed by atoms with van der Waals surface area (Å²) in [6.45, 7) is 4.78. The highest BCUT2D eigenvalue weighted by atomic mass is 32.2. The van der Waals surface area contributed by atoms with Gasteiger partial charge in [-0.2, -0.15) is 11.8 Å². The summed E-state index contributed by atoms with van der Waals surface area (Å²) in [5, 5.41) is 9.78. The fourth-order valence-electron chi connectivity index (χ4n) is 1.71. The van der Waals surface area contributed by atoms with Gasteiger partial charge in [0.1, 0.15) is 0 Å². The molecule has 0 aliphatic carbocycles. The van der Waals surface area contributed by atoms with Gasteiger partial charge in [-0.05, 0) is 26.6 Å². The SMILES string of the molecule is CCOC(=O)CC(O)CN(C)C(CC)CSC. The summed E-state index contributed by atoms with van der Waals surface area (Å²) < 4.78 is 4.81. The molecule has 0 aliphatic heterocycles. The summed E-state index contributed by atoms with van der Waals surface area (Å²) in [6.07, 6.45) is 2.55. The Kier molecular flexibility index (Phi) is 9.59. The number of aliphatic hydroxyl groups excluding tert-OH is 1. The lowest BCUT2D eigenvalue weighted by atomic mass is 10.2. The summed E-state index contributed by atoms with van der Waals surface area (Å²) in [4.78, 5) is 13.3. The van der Waals surface area contributed by atoms with Gasteiger partial charge in [0.2, 0.25) is 0 Å². The van der Waals surface area contributed by atoms with Gasteiger partial charge in [0.25, 0.3) is 0 Å². The molecule has 0 aliphatic rings. The van der Waals surface area contributed by atoms with E-state index in [4.69, 9.17) is 4.74 Å². The first-order valence-corrected chi connectivity index (χ1v) is 7.47. The third-order valence-electron chi connectivity index (χ3n) is 2.66. The minimum absolute atomic E-state index is 0.0773. The monoisotopic (exact) mass is 263 g/mol. The molecule has 0 saturated carbocycles. The molecule has 4 nitrogen and oxygen atoms in total. The normalized spacial score (nSPS) is 14.7. The Balaban J connectivity index is 4.00. The summed E-state index contributed by atoms with van der Waals surface area (Å²) >= 11 is 1.80. The average Bonchev–Trinajstić information content (AvgIpc) is 2.25. The molecule has 0 heterocycles. The molecule has 0 aromatic carbocycles. The number of ether oxygens (including phenoxy) is 1. The molecule has 0 bridgehead atoms. The highest BCUT2D eigenvalue weighted by Gasteiger charge is 2.18. The van der Waals surface area contributed by atoms with Gasteiger partial charge >= 0.3 is 5.97 Å². The molecule has 0 aromatic rings. The first kappa shape index (κ1) is 16.7. The molecule has 2 unspecified atom stereocenters. The number of carbonyl (C=O) groups is 1. The third kappa shape index (κ3) is 7.63. The zero-order valence-electron chi connectivity index (χ0n) is 11.3. The van der Waals surface area contributed by atoms with Crippen LogP contribution in [0.4, 0.5) is 0 Å². The smallest absolute Gasteiger partial charge is 0.308 e. The first-order chi connectivity index (χ1) is 8.04. The molecular formula is C12H25NO3S. The van der Waals surface area contributed by atoms with Gasteiger partial charge in [-0.15, -0.1) is 0 Å². The van der Waals surface area contributed by atoms with E-state index in [0.29, 0.717) is 19.2 Å². The average molecular weight is 263 g/mol. The minimum Gasteiger partial charge on any atom is -0.466 e. The van der Waals surface area contributed by atoms with Crippen molar-refractivity contribution >= 4 is 17.7 Å². The van der Waals surface area contributed by atoms with Gasteiger partial charge in [0.15, 0.2) is 0 Å². The van der Waals surface area contributed by atoms with Crippen LogP contribution in [0.5, 0.6) is 0 Å². The van der Waals surface area contributed by atoms with Crippen molar-refractivity contribution in [1.29, 1.82) is 0 Å². The zero-order chi connectivity index (χ0) is 13.3. The maximum Gasteiger partial charge on any atom is 0.308 e.